The molecule has 112 valence electrons. The molecule has 21 heavy (non-hydrogen) atoms. The Balaban J connectivity index is 1.48. The fourth-order valence-corrected chi connectivity index (χ4v) is 2.64. The van der Waals surface area contributed by atoms with Crippen LogP contribution >= 0.6 is 0 Å². The normalized spacial score (nSPS) is 16.2. The number of carbonyl (C=O) groups is 1. The van der Waals surface area contributed by atoms with Crippen LogP contribution in [0.3, 0.4) is 0 Å². The number of carbonyl (C=O) groups excluding carboxylic acids is 1. The molecular formula is C15H21N5O. The molecule has 3 heterocycles. The van der Waals surface area contributed by atoms with Crippen molar-refractivity contribution in [3.8, 4) is 0 Å². The lowest BCUT2D eigenvalue weighted by atomic mass is 10.2. The Hall–Kier alpha value is -1.92. The number of hydrogen-bond donors (Lipinski definition) is 2. The third kappa shape index (κ3) is 3.40. The molecule has 0 unspecified atom stereocenters. The fourth-order valence-electron chi connectivity index (χ4n) is 2.64. The Morgan fingerprint density at radius 3 is 3.05 bits per heavy atom. The van der Waals surface area contributed by atoms with Crippen molar-refractivity contribution in [1.82, 2.24) is 25.1 Å². The molecule has 1 saturated heterocycles. The van der Waals surface area contributed by atoms with Crippen molar-refractivity contribution in [1.29, 1.82) is 0 Å². The second kappa shape index (κ2) is 6.69. The predicted octanol–water partition coefficient (Wildman–Crippen LogP) is 0.359. The molecule has 0 aliphatic carbocycles. The largest absolute Gasteiger partial charge is 0.352 e. The fraction of sp³-hybridized carbons (Fsp3) is 0.467. The highest BCUT2D eigenvalue weighted by Gasteiger charge is 2.12. The van der Waals surface area contributed by atoms with Gasteiger partial charge in [-0.25, -0.2) is 4.52 Å². The molecule has 6 heteroatoms. The highest BCUT2D eigenvalue weighted by atomic mass is 16.1. The molecule has 0 aromatic carbocycles. The van der Waals surface area contributed by atoms with E-state index in [0.29, 0.717) is 12.1 Å². The van der Waals surface area contributed by atoms with Crippen molar-refractivity contribution < 1.29 is 4.79 Å². The molecule has 0 spiro atoms. The zero-order valence-corrected chi connectivity index (χ0v) is 12.1. The molecule has 0 atom stereocenters. The van der Waals surface area contributed by atoms with Crippen LogP contribution in [0.2, 0.25) is 0 Å². The van der Waals surface area contributed by atoms with E-state index in [0.717, 1.165) is 44.7 Å². The van der Waals surface area contributed by atoms with E-state index >= 15 is 0 Å². The zero-order valence-electron chi connectivity index (χ0n) is 12.1. The van der Waals surface area contributed by atoms with Gasteiger partial charge in [-0.05, 0) is 25.1 Å². The van der Waals surface area contributed by atoms with Gasteiger partial charge in [-0.15, -0.1) is 0 Å². The predicted molar refractivity (Wildman–Crippen MR) is 81.5 cm³/mol. The van der Waals surface area contributed by atoms with Crippen LogP contribution in [0.4, 0.5) is 0 Å². The number of piperazine rings is 1. The van der Waals surface area contributed by atoms with Crippen molar-refractivity contribution in [3.63, 3.8) is 0 Å². The summed E-state index contributed by atoms with van der Waals surface area (Å²) in [4.78, 5) is 14.6. The molecule has 1 aliphatic rings. The van der Waals surface area contributed by atoms with Crippen LogP contribution in [0.25, 0.3) is 5.52 Å². The molecule has 1 aliphatic heterocycles. The maximum atomic E-state index is 12.2. The number of hydrogen-bond acceptors (Lipinski definition) is 4. The molecule has 1 fully saturated rings. The van der Waals surface area contributed by atoms with Crippen LogP contribution in [0.1, 0.15) is 16.8 Å². The van der Waals surface area contributed by atoms with Crippen LogP contribution in [-0.4, -0.2) is 59.7 Å². The SMILES string of the molecule is O=C(NCCCN1CCNCC1)c1cnn2ccccc12. The lowest BCUT2D eigenvalue weighted by Crippen LogP contribution is -2.44. The summed E-state index contributed by atoms with van der Waals surface area (Å²) in [5, 5.41) is 10.5. The number of nitrogens with one attached hydrogen (secondary N) is 2. The molecule has 0 bridgehead atoms. The average molecular weight is 287 g/mol. The molecule has 0 radical (unpaired) electrons. The third-order valence-corrected chi connectivity index (χ3v) is 3.82. The Labute approximate surface area is 124 Å². The summed E-state index contributed by atoms with van der Waals surface area (Å²) in [6.07, 6.45) is 4.45. The van der Waals surface area contributed by atoms with Gasteiger partial charge in [0.05, 0.1) is 17.3 Å². The van der Waals surface area contributed by atoms with Crippen molar-refractivity contribution in [2.75, 3.05) is 39.3 Å². The van der Waals surface area contributed by atoms with Gasteiger partial charge in [0.25, 0.3) is 5.91 Å². The molecule has 1 amide bonds. The molecule has 2 N–H and O–H groups in total. The van der Waals surface area contributed by atoms with E-state index in [1.54, 1.807) is 10.7 Å². The van der Waals surface area contributed by atoms with Crippen LogP contribution in [0, 0.1) is 0 Å². The van der Waals surface area contributed by atoms with E-state index in [4.69, 9.17) is 0 Å². The first-order valence-corrected chi connectivity index (χ1v) is 7.48. The summed E-state index contributed by atoms with van der Waals surface area (Å²) in [6, 6.07) is 5.72. The first-order valence-electron chi connectivity index (χ1n) is 7.48. The second-order valence-electron chi connectivity index (χ2n) is 5.29. The van der Waals surface area contributed by atoms with Crippen molar-refractivity contribution in [2.24, 2.45) is 0 Å². The van der Waals surface area contributed by atoms with Gasteiger partial charge in [-0.3, -0.25) is 4.79 Å². The summed E-state index contributed by atoms with van der Waals surface area (Å²) in [6.45, 7) is 6.07. The van der Waals surface area contributed by atoms with E-state index in [9.17, 15) is 4.79 Å². The lowest BCUT2D eigenvalue weighted by Gasteiger charge is -2.27. The Morgan fingerprint density at radius 1 is 1.33 bits per heavy atom. The van der Waals surface area contributed by atoms with Crippen LogP contribution in [0.15, 0.2) is 30.6 Å². The van der Waals surface area contributed by atoms with Crippen molar-refractivity contribution in [2.45, 2.75) is 6.42 Å². The minimum Gasteiger partial charge on any atom is -0.352 e. The van der Waals surface area contributed by atoms with Crippen LogP contribution < -0.4 is 10.6 Å². The number of nitrogens with zero attached hydrogens (tertiary/aromatic N) is 3. The van der Waals surface area contributed by atoms with Gasteiger partial charge < -0.3 is 15.5 Å². The zero-order chi connectivity index (χ0) is 14.5. The van der Waals surface area contributed by atoms with Gasteiger partial charge in [0.15, 0.2) is 0 Å². The maximum Gasteiger partial charge on any atom is 0.255 e. The summed E-state index contributed by atoms with van der Waals surface area (Å²) in [7, 11) is 0. The highest BCUT2D eigenvalue weighted by molar-refractivity contribution is 6.00. The van der Waals surface area contributed by atoms with Gasteiger partial charge in [0.1, 0.15) is 0 Å². The van der Waals surface area contributed by atoms with Crippen molar-refractivity contribution in [3.05, 3.63) is 36.2 Å². The van der Waals surface area contributed by atoms with Crippen LogP contribution in [0.5, 0.6) is 0 Å². The Morgan fingerprint density at radius 2 is 2.19 bits per heavy atom. The molecule has 2 aromatic rings. The van der Waals surface area contributed by atoms with E-state index in [2.05, 4.69) is 20.6 Å². The maximum absolute atomic E-state index is 12.2. The molecule has 3 rings (SSSR count). The van der Waals surface area contributed by atoms with Gasteiger partial charge in [0, 0.05) is 38.9 Å². The van der Waals surface area contributed by atoms with Gasteiger partial charge in [-0.2, -0.15) is 5.10 Å². The first kappa shape index (κ1) is 14.0. The van der Waals surface area contributed by atoms with E-state index in [1.165, 1.54) is 0 Å². The smallest absolute Gasteiger partial charge is 0.255 e. The Kier molecular flexibility index (Phi) is 4.47. The van der Waals surface area contributed by atoms with Gasteiger partial charge in [0.2, 0.25) is 0 Å². The van der Waals surface area contributed by atoms with E-state index in [-0.39, 0.29) is 5.91 Å². The number of rotatable bonds is 5. The summed E-state index contributed by atoms with van der Waals surface area (Å²) in [5.41, 5.74) is 1.48. The average Bonchev–Trinajstić information content (AvgIpc) is 2.96. The number of aromatic nitrogens is 2. The van der Waals surface area contributed by atoms with Crippen LogP contribution in [-0.2, 0) is 0 Å². The molecular weight excluding hydrogens is 266 g/mol. The summed E-state index contributed by atoms with van der Waals surface area (Å²) < 4.78 is 1.72. The lowest BCUT2D eigenvalue weighted by molar-refractivity contribution is 0.0953. The highest BCUT2D eigenvalue weighted by Crippen LogP contribution is 2.09. The quantitative estimate of drug-likeness (QED) is 0.780. The Bertz CT molecular complexity index is 603. The first-order chi connectivity index (χ1) is 10.3. The third-order valence-electron chi connectivity index (χ3n) is 3.82. The monoisotopic (exact) mass is 287 g/mol. The van der Waals surface area contributed by atoms with Gasteiger partial charge in [-0.1, -0.05) is 6.07 Å². The molecule has 6 nitrogen and oxygen atoms in total. The standard InChI is InChI=1S/C15H21N5O/c21-15(13-12-18-20-9-2-1-4-14(13)20)17-5-3-8-19-10-6-16-7-11-19/h1-2,4,9,12,16H,3,5-8,10-11H2,(H,17,21). The molecule has 0 saturated carbocycles. The number of fused-ring (bicyclic) bond motifs is 1. The van der Waals surface area contributed by atoms with E-state index < -0.39 is 0 Å². The van der Waals surface area contributed by atoms with Gasteiger partial charge >= 0.3 is 0 Å². The van der Waals surface area contributed by atoms with Crippen molar-refractivity contribution >= 4 is 11.4 Å². The topological polar surface area (TPSA) is 61.7 Å². The summed E-state index contributed by atoms with van der Waals surface area (Å²) >= 11 is 0. The van der Waals surface area contributed by atoms with E-state index in [1.807, 2.05) is 24.4 Å². The minimum atomic E-state index is -0.0449. The minimum absolute atomic E-state index is 0.0449. The number of pyridine rings is 1. The molecule has 2 aromatic heterocycles. The summed E-state index contributed by atoms with van der Waals surface area (Å²) in [5.74, 6) is -0.0449. The second-order valence-corrected chi connectivity index (χ2v) is 5.29. The number of amides is 1.